The summed E-state index contributed by atoms with van der Waals surface area (Å²) in [7, 11) is 2.06. The number of halogens is 2. The fourth-order valence-electron chi connectivity index (χ4n) is 2.76. The van der Waals surface area contributed by atoms with E-state index in [0.717, 1.165) is 18.7 Å². The lowest BCUT2D eigenvalue weighted by atomic mass is 10.1. The predicted octanol–water partition coefficient (Wildman–Crippen LogP) is 5.25. The van der Waals surface area contributed by atoms with Crippen LogP contribution in [-0.4, -0.2) is 23.5 Å². The van der Waals surface area contributed by atoms with Gasteiger partial charge in [-0.05, 0) is 29.6 Å². The van der Waals surface area contributed by atoms with Gasteiger partial charge < -0.3 is 4.98 Å². The van der Waals surface area contributed by atoms with Crippen molar-refractivity contribution in [3.8, 4) is 0 Å². The van der Waals surface area contributed by atoms with Crippen LogP contribution in [0.1, 0.15) is 23.1 Å². The van der Waals surface area contributed by atoms with Crippen molar-refractivity contribution in [2.45, 2.75) is 13.0 Å². The van der Waals surface area contributed by atoms with Crippen LogP contribution >= 0.6 is 0 Å². The Morgan fingerprint density at radius 2 is 1.88 bits per heavy atom. The van der Waals surface area contributed by atoms with Gasteiger partial charge in [0, 0.05) is 30.4 Å². The summed E-state index contributed by atoms with van der Waals surface area (Å²) in [6, 6.07) is 14.7. The molecule has 0 radical (unpaired) electrons. The number of para-hydroxylation sites is 1. The average molecular weight is 326 g/mol. The average Bonchev–Trinajstić information content (AvgIpc) is 3.05. The molecule has 0 unspecified atom stereocenters. The van der Waals surface area contributed by atoms with Crippen LogP contribution in [0, 0.1) is 0 Å². The molecular weight excluding hydrogens is 306 g/mol. The van der Waals surface area contributed by atoms with Crippen LogP contribution in [0.2, 0.25) is 0 Å². The van der Waals surface area contributed by atoms with E-state index in [1.54, 1.807) is 12.1 Å². The van der Waals surface area contributed by atoms with Crippen molar-refractivity contribution in [3.63, 3.8) is 0 Å². The second kappa shape index (κ2) is 7.41. The van der Waals surface area contributed by atoms with E-state index in [2.05, 4.69) is 41.2 Å². The van der Waals surface area contributed by atoms with Crippen molar-refractivity contribution in [1.29, 1.82) is 0 Å². The summed E-state index contributed by atoms with van der Waals surface area (Å²) in [5.41, 5.74) is 3.42. The summed E-state index contributed by atoms with van der Waals surface area (Å²) >= 11 is 0. The van der Waals surface area contributed by atoms with Crippen LogP contribution in [-0.2, 0) is 6.54 Å². The summed E-state index contributed by atoms with van der Waals surface area (Å²) in [5, 5.41) is 1.22. The Balaban J connectivity index is 1.59. The van der Waals surface area contributed by atoms with Gasteiger partial charge in [0.05, 0.1) is 0 Å². The first-order valence-corrected chi connectivity index (χ1v) is 7.91. The van der Waals surface area contributed by atoms with Gasteiger partial charge in [-0.1, -0.05) is 54.6 Å². The molecule has 0 fully saturated rings. The zero-order valence-electron chi connectivity index (χ0n) is 13.5. The summed E-state index contributed by atoms with van der Waals surface area (Å²) in [4.78, 5) is 5.49. The number of H-pyrrole nitrogens is 1. The number of rotatable bonds is 6. The maximum absolute atomic E-state index is 12.5. The maximum Gasteiger partial charge on any atom is 0.263 e. The van der Waals surface area contributed by atoms with Crippen molar-refractivity contribution < 1.29 is 8.78 Å². The number of hydrogen-bond donors (Lipinski definition) is 1. The molecule has 0 aliphatic heterocycles. The number of nitrogens with one attached hydrogen (secondary N) is 1. The Morgan fingerprint density at radius 3 is 2.62 bits per heavy atom. The van der Waals surface area contributed by atoms with Gasteiger partial charge in [0.1, 0.15) is 0 Å². The summed E-state index contributed by atoms with van der Waals surface area (Å²) in [6.07, 6.45) is 3.55. The highest BCUT2D eigenvalue weighted by Gasteiger charge is 2.05. The van der Waals surface area contributed by atoms with E-state index < -0.39 is 6.43 Å². The number of aromatic amines is 1. The van der Waals surface area contributed by atoms with E-state index in [0.29, 0.717) is 0 Å². The number of aromatic nitrogens is 1. The van der Waals surface area contributed by atoms with Crippen LogP contribution in [0.25, 0.3) is 17.0 Å². The summed E-state index contributed by atoms with van der Waals surface area (Å²) < 4.78 is 25.0. The second-order valence-electron chi connectivity index (χ2n) is 5.93. The first kappa shape index (κ1) is 16.4. The molecule has 0 spiro atoms. The standard InChI is InChI=1S/C20H20F2N2/c1-24(14-18-6-2-5-16-11-12-23-19(16)18)13-3-4-15-7-9-17(10-8-15)20(21)22/h2-12,20,23H,13-14H2,1H3. The normalized spacial score (nSPS) is 12.0. The van der Waals surface area contributed by atoms with Crippen LogP contribution in [0.4, 0.5) is 8.78 Å². The van der Waals surface area contributed by atoms with Gasteiger partial charge in [0.25, 0.3) is 6.43 Å². The Labute approximate surface area is 140 Å². The highest BCUT2D eigenvalue weighted by molar-refractivity contribution is 5.82. The number of nitrogens with zero attached hydrogens (tertiary/aromatic N) is 1. The highest BCUT2D eigenvalue weighted by atomic mass is 19.3. The predicted molar refractivity (Wildman–Crippen MR) is 95.1 cm³/mol. The van der Waals surface area contributed by atoms with Gasteiger partial charge in [0.15, 0.2) is 0 Å². The van der Waals surface area contributed by atoms with Crippen molar-refractivity contribution in [2.24, 2.45) is 0 Å². The molecule has 0 amide bonds. The largest absolute Gasteiger partial charge is 0.361 e. The topological polar surface area (TPSA) is 19.0 Å². The van der Waals surface area contributed by atoms with Gasteiger partial charge in [-0.3, -0.25) is 4.90 Å². The van der Waals surface area contributed by atoms with E-state index in [1.807, 2.05) is 18.3 Å². The smallest absolute Gasteiger partial charge is 0.263 e. The van der Waals surface area contributed by atoms with E-state index in [9.17, 15) is 8.78 Å². The molecule has 1 aromatic heterocycles. The van der Waals surface area contributed by atoms with E-state index in [-0.39, 0.29) is 5.56 Å². The fraction of sp³-hybridized carbons (Fsp3) is 0.200. The van der Waals surface area contributed by atoms with Crippen LogP contribution < -0.4 is 0 Å². The first-order chi connectivity index (χ1) is 11.6. The Kier molecular flexibility index (Phi) is 5.06. The summed E-state index contributed by atoms with van der Waals surface area (Å²) in [6.45, 7) is 1.63. The molecule has 2 aromatic carbocycles. The SMILES string of the molecule is CN(CC=Cc1ccc(C(F)F)cc1)Cc1cccc2cc[nH]c12. The van der Waals surface area contributed by atoms with E-state index >= 15 is 0 Å². The lowest BCUT2D eigenvalue weighted by Gasteiger charge is -2.15. The maximum atomic E-state index is 12.5. The van der Waals surface area contributed by atoms with Crippen LogP contribution in [0.3, 0.4) is 0 Å². The van der Waals surface area contributed by atoms with Gasteiger partial charge in [0.2, 0.25) is 0 Å². The van der Waals surface area contributed by atoms with Crippen molar-refractivity contribution in [1.82, 2.24) is 9.88 Å². The Bertz CT molecular complexity index is 819. The Morgan fingerprint density at radius 1 is 1.08 bits per heavy atom. The molecule has 0 saturated heterocycles. The molecule has 0 bridgehead atoms. The van der Waals surface area contributed by atoms with Gasteiger partial charge in [-0.2, -0.15) is 0 Å². The number of alkyl halides is 2. The molecule has 0 aliphatic carbocycles. The lowest BCUT2D eigenvalue weighted by Crippen LogP contribution is -2.17. The molecule has 1 heterocycles. The molecule has 3 aromatic rings. The molecule has 0 atom stereocenters. The molecule has 1 N–H and O–H groups in total. The molecule has 3 rings (SSSR count). The number of likely N-dealkylation sites (N-methyl/N-ethyl adjacent to an activating group) is 1. The quantitative estimate of drug-likeness (QED) is 0.655. The van der Waals surface area contributed by atoms with Crippen LogP contribution in [0.15, 0.2) is 60.8 Å². The van der Waals surface area contributed by atoms with Crippen molar-refractivity contribution in [2.75, 3.05) is 13.6 Å². The fourth-order valence-corrected chi connectivity index (χ4v) is 2.76. The third-order valence-electron chi connectivity index (χ3n) is 4.03. The number of benzene rings is 2. The third-order valence-corrected chi connectivity index (χ3v) is 4.03. The molecule has 0 aliphatic rings. The van der Waals surface area contributed by atoms with Crippen molar-refractivity contribution in [3.05, 3.63) is 77.5 Å². The van der Waals surface area contributed by atoms with Crippen molar-refractivity contribution >= 4 is 17.0 Å². The third kappa shape index (κ3) is 3.89. The zero-order chi connectivity index (χ0) is 16.9. The summed E-state index contributed by atoms with van der Waals surface area (Å²) in [5.74, 6) is 0. The van der Waals surface area contributed by atoms with E-state index in [1.165, 1.54) is 28.6 Å². The number of hydrogen-bond acceptors (Lipinski definition) is 1. The van der Waals surface area contributed by atoms with Gasteiger partial charge >= 0.3 is 0 Å². The first-order valence-electron chi connectivity index (χ1n) is 7.91. The van der Waals surface area contributed by atoms with Crippen LogP contribution in [0.5, 0.6) is 0 Å². The minimum Gasteiger partial charge on any atom is -0.361 e. The number of fused-ring (bicyclic) bond motifs is 1. The lowest BCUT2D eigenvalue weighted by molar-refractivity contribution is 0.151. The molecule has 24 heavy (non-hydrogen) atoms. The molecular formula is C20H20F2N2. The minimum atomic E-state index is -2.41. The van der Waals surface area contributed by atoms with Gasteiger partial charge in [-0.15, -0.1) is 0 Å². The molecule has 4 heteroatoms. The highest BCUT2D eigenvalue weighted by Crippen LogP contribution is 2.20. The van der Waals surface area contributed by atoms with Gasteiger partial charge in [-0.25, -0.2) is 8.78 Å². The zero-order valence-corrected chi connectivity index (χ0v) is 13.5. The minimum absolute atomic E-state index is 0.0586. The Hall–Kier alpha value is -2.46. The molecule has 2 nitrogen and oxygen atoms in total. The monoisotopic (exact) mass is 326 g/mol. The molecule has 124 valence electrons. The van der Waals surface area contributed by atoms with E-state index in [4.69, 9.17) is 0 Å². The molecule has 0 saturated carbocycles. The second-order valence-corrected chi connectivity index (χ2v) is 5.93.